The van der Waals surface area contributed by atoms with E-state index in [9.17, 15) is 9.90 Å². The molecule has 0 aliphatic rings. The van der Waals surface area contributed by atoms with Crippen molar-refractivity contribution in [3.05, 3.63) is 30.0 Å². The van der Waals surface area contributed by atoms with Crippen LogP contribution in [0.3, 0.4) is 0 Å². The first-order valence-electron chi connectivity index (χ1n) is 6.94. The maximum atomic E-state index is 11.9. The molecule has 0 fully saturated rings. The molecule has 1 atom stereocenters. The lowest BCUT2D eigenvalue weighted by atomic mass is 10.0. The fraction of sp³-hybridized carbons (Fsp3) is 0.467. The van der Waals surface area contributed by atoms with Crippen molar-refractivity contribution in [3.63, 3.8) is 0 Å². The van der Waals surface area contributed by atoms with Crippen LogP contribution in [0.1, 0.15) is 26.0 Å². The Morgan fingerprint density at radius 2 is 2.15 bits per heavy atom. The SMILES string of the molecule is CC(C)C(O)CCNC(=O)Cc1[nH]nc2ccccc12. The highest BCUT2D eigenvalue weighted by Crippen LogP contribution is 2.15. The van der Waals surface area contributed by atoms with E-state index in [1.807, 2.05) is 38.1 Å². The summed E-state index contributed by atoms with van der Waals surface area (Å²) in [6.45, 7) is 4.41. The van der Waals surface area contributed by atoms with E-state index in [1.54, 1.807) is 0 Å². The van der Waals surface area contributed by atoms with E-state index in [-0.39, 0.29) is 24.3 Å². The number of amides is 1. The Kier molecular flexibility index (Phi) is 4.74. The molecule has 1 aromatic heterocycles. The molecule has 0 saturated carbocycles. The zero-order chi connectivity index (χ0) is 14.5. The van der Waals surface area contributed by atoms with E-state index in [2.05, 4.69) is 15.5 Å². The molecular weight excluding hydrogens is 254 g/mol. The monoisotopic (exact) mass is 275 g/mol. The molecule has 0 saturated heterocycles. The van der Waals surface area contributed by atoms with Crippen LogP contribution in [0, 0.1) is 5.92 Å². The number of carbonyl (C=O) groups excluding carboxylic acids is 1. The van der Waals surface area contributed by atoms with E-state index in [1.165, 1.54) is 0 Å². The number of benzene rings is 1. The van der Waals surface area contributed by atoms with Gasteiger partial charge in [0.1, 0.15) is 0 Å². The van der Waals surface area contributed by atoms with Gasteiger partial charge in [0.15, 0.2) is 0 Å². The summed E-state index contributed by atoms with van der Waals surface area (Å²) in [6.07, 6.45) is 0.481. The van der Waals surface area contributed by atoms with Crippen LogP contribution in [-0.2, 0) is 11.2 Å². The molecule has 5 nitrogen and oxygen atoms in total. The van der Waals surface area contributed by atoms with Gasteiger partial charge in [-0.1, -0.05) is 32.0 Å². The van der Waals surface area contributed by atoms with Gasteiger partial charge in [-0.25, -0.2) is 0 Å². The third-order valence-corrected chi connectivity index (χ3v) is 3.41. The number of H-pyrrole nitrogens is 1. The lowest BCUT2D eigenvalue weighted by Gasteiger charge is -2.14. The molecule has 2 aromatic rings. The van der Waals surface area contributed by atoms with Crippen LogP contribution in [0.25, 0.3) is 10.9 Å². The number of aromatic nitrogens is 2. The van der Waals surface area contributed by atoms with Crippen molar-refractivity contribution in [2.45, 2.75) is 32.8 Å². The van der Waals surface area contributed by atoms with Crippen LogP contribution in [0.5, 0.6) is 0 Å². The molecule has 0 aliphatic carbocycles. The zero-order valence-electron chi connectivity index (χ0n) is 11.9. The Labute approximate surface area is 118 Å². The first kappa shape index (κ1) is 14.5. The summed E-state index contributed by atoms with van der Waals surface area (Å²) in [7, 11) is 0. The first-order valence-corrected chi connectivity index (χ1v) is 6.94. The molecule has 1 unspecified atom stereocenters. The first-order chi connectivity index (χ1) is 9.58. The number of hydrogen-bond acceptors (Lipinski definition) is 3. The minimum atomic E-state index is -0.372. The number of rotatable bonds is 6. The lowest BCUT2D eigenvalue weighted by Crippen LogP contribution is -2.29. The number of aliphatic hydroxyl groups excluding tert-OH is 1. The maximum absolute atomic E-state index is 11.9. The van der Waals surface area contributed by atoms with E-state index in [4.69, 9.17) is 0 Å². The van der Waals surface area contributed by atoms with Crippen LogP contribution in [0.2, 0.25) is 0 Å². The number of fused-ring (bicyclic) bond motifs is 1. The Hall–Kier alpha value is -1.88. The highest BCUT2D eigenvalue weighted by molar-refractivity contribution is 5.87. The molecule has 0 bridgehead atoms. The van der Waals surface area contributed by atoms with Crippen LogP contribution < -0.4 is 5.32 Å². The number of nitrogens with one attached hydrogen (secondary N) is 2. The van der Waals surface area contributed by atoms with Gasteiger partial charge in [-0.05, 0) is 18.4 Å². The molecule has 1 aromatic carbocycles. The Balaban J connectivity index is 1.86. The lowest BCUT2D eigenvalue weighted by molar-refractivity contribution is -0.120. The highest BCUT2D eigenvalue weighted by atomic mass is 16.3. The highest BCUT2D eigenvalue weighted by Gasteiger charge is 2.11. The molecule has 1 heterocycles. The number of nitrogens with zero attached hydrogens (tertiary/aromatic N) is 1. The van der Waals surface area contributed by atoms with Gasteiger partial charge in [-0.15, -0.1) is 0 Å². The Bertz CT molecular complexity index is 577. The summed E-state index contributed by atoms with van der Waals surface area (Å²) in [5, 5.41) is 20.5. The summed E-state index contributed by atoms with van der Waals surface area (Å²) in [5.41, 5.74) is 1.69. The van der Waals surface area contributed by atoms with E-state index >= 15 is 0 Å². The van der Waals surface area contributed by atoms with Gasteiger partial charge < -0.3 is 10.4 Å². The van der Waals surface area contributed by atoms with Crippen molar-refractivity contribution in [1.82, 2.24) is 15.5 Å². The number of carbonyl (C=O) groups is 1. The van der Waals surface area contributed by atoms with E-state index in [0.717, 1.165) is 16.6 Å². The quantitative estimate of drug-likeness (QED) is 0.749. The second kappa shape index (κ2) is 6.52. The van der Waals surface area contributed by atoms with Crippen molar-refractivity contribution in [1.29, 1.82) is 0 Å². The van der Waals surface area contributed by atoms with Gasteiger partial charge in [0.05, 0.1) is 23.7 Å². The van der Waals surface area contributed by atoms with Crippen molar-refractivity contribution >= 4 is 16.8 Å². The molecule has 2 rings (SSSR count). The fourth-order valence-corrected chi connectivity index (χ4v) is 2.06. The van der Waals surface area contributed by atoms with E-state index in [0.29, 0.717) is 13.0 Å². The van der Waals surface area contributed by atoms with E-state index < -0.39 is 0 Å². The molecule has 108 valence electrons. The third-order valence-electron chi connectivity index (χ3n) is 3.41. The number of hydrogen-bond donors (Lipinski definition) is 3. The Morgan fingerprint density at radius 1 is 1.40 bits per heavy atom. The molecule has 20 heavy (non-hydrogen) atoms. The molecular formula is C15H21N3O2. The largest absolute Gasteiger partial charge is 0.393 e. The third kappa shape index (κ3) is 3.57. The van der Waals surface area contributed by atoms with Crippen molar-refractivity contribution in [2.24, 2.45) is 5.92 Å². The number of para-hydroxylation sites is 1. The molecule has 5 heteroatoms. The fourth-order valence-electron chi connectivity index (χ4n) is 2.06. The molecule has 0 spiro atoms. The average molecular weight is 275 g/mol. The topological polar surface area (TPSA) is 78.0 Å². The van der Waals surface area contributed by atoms with Gasteiger partial charge in [0.2, 0.25) is 5.91 Å². The number of aliphatic hydroxyl groups is 1. The van der Waals surface area contributed by atoms with Gasteiger partial charge in [-0.3, -0.25) is 9.89 Å². The van der Waals surface area contributed by atoms with Crippen molar-refractivity contribution < 1.29 is 9.90 Å². The van der Waals surface area contributed by atoms with Gasteiger partial charge in [0, 0.05) is 11.9 Å². The predicted octanol–water partition coefficient (Wildman–Crippen LogP) is 1.63. The minimum Gasteiger partial charge on any atom is -0.393 e. The normalized spacial score (nSPS) is 12.8. The number of aromatic amines is 1. The average Bonchev–Trinajstić information content (AvgIpc) is 2.82. The Morgan fingerprint density at radius 3 is 2.90 bits per heavy atom. The molecule has 0 aliphatic heterocycles. The zero-order valence-corrected chi connectivity index (χ0v) is 11.9. The summed E-state index contributed by atoms with van der Waals surface area (Å²) >= 11 is 0. The minimum absolute atomic E-state index is 0.0599. The summed E-state index contributed by atoms with van der Waals surface area (Å²) in [4.78, 5) is 11.9. The predicted molar refractivity (Wildman–Crippen MR) is 78.3 cm³/mol. The smallest absolute Gasteiger partial charge is 0.226 e. The standard InChI is InChI=1S/C15H21N3O2/c1-10(2)14(19)7-8-16-15(20)9-13-11-5-3-4-6-12(11)17-18-13/h3-6,10,14,19H,7-9H2,1-2H3,(H,16,20)(H,17,18). The summed E-state index contributed by atoms with van der Waals surface area (Å²) in [5.74, 6) is 0.152. The molecule has 3 N–H and O–H groups in total. The van der Waals surface area contributed by atoms with Crippen LogP contribution in [0.4, 0.5) is 0 Å². The van der Waals surface area contributed by atoms with Crippen LogP contribution in [0.15, 0.2) is 24.3 Å². The molecule has 0 radical (unpaired) electrons. The second-order valence-electron chi connectivity index (χ2n) is 5.35. The second-order valence-corrected chi connectivity index (χ2v) is 5.35. The molecule has 1 amide bonds. The van der Waals surface area contributed by atoms with Crippen LogP contribution in [-0.4, -0.2) is 33.9 Å². The van der Waals surface area contributed by atoms with Crippen molar-refractivity contribution in [3.8, 4) is 0 Å². The van der Waals surface area contributed by atoms with Gasteiger partial charge in [0.25, 0.3) is 0 Å². The van der Waals surface area contributed by atoms with Crippen molar-refractivity contribution in [2.75, 3.05) is 6.54 Å². The van der Waals surface area contributed by atoms with Gasteiger partial charge >= 0.3 is 0 Å². The summed E-state index contributed by atoms with van der Waals surface area (Å²) in [6, 6.07) is 7.70. The van der Waals surface area contributed by atoms with Crippen LogP contribution >= 0.6 is 0 Å². The maximum Gasteiger partial charge on any atom is 0.226 e. The van der Waals surface area contributed by atoms with Gasteiger partial charge in [-0.2, -0.15) is 5.10 Å². The summed E-state index contributed by atoms with van der Waals surface area (Å²) < 4.78 is 0.